The Morgan fingerprint density at radius 1 is 0.833 bits per heavy atom. The molecule has 0 amide bonds. The molecule has 0 unspecified atom stereocenters. The third kappa shape index (κ3) is 5.17. The minimum atomic E-state index is 0.0603. The highest BCUT2D eigenvalue weighted by Gasteiger charge is 2.29. The van der Waals surface area contributed by atoms with Crippen molar-refractivity contribution in [3.63, 3.8) is 0 Å². The van der Waals surface area contributed by atoms with E-state index in [4.69, 9.17) is 11.1 Å². The van der Waals surface area contributed by atoms with Crippen LogP contribution in [0.25, 0.3) is 33.0 Å². The van der Waals surface area contributed by atoms with Crippen molar-refractivity contribution in [2.45, 2.75) is 26.7 Å². The molecule has 0 N–H and O–H groups in total. The van der Waals surface area contributed by atoms with Crippen molar-refractivity contribution in [3.8, 4) is 0 Å². The van der Waals surface area contributed by atoms with Crippen molar-refractivity contribution in [3.05, 3.63) is 91.7 Å². The van der Waals surface area contributed by atoms with Crippen LogP contribution < -0.4 is 0 Å². The predicted octanol–water partition coefficient (Wildman–Crippen LogP) is 7.67. The summed E-state index contributed by atoms with van der Waals surface area (Å²) in [7, 11) is 0. The van der Waals surface area contributed by atoms with Crippen LogP contribution >= 0.6 is 0 Å². The summed E-state index contributed by atoms with van der Waals surface area (Å²) in [6.07, 6.45) is 5.33. The summed E-state index contributed by atoms with van der Waals surface area (Å²) in [6, 6.07) is 14.3. The number of hydrogen-bond acceptors (Lipinski definition) is 3. The van der Waals surface area contributed by atoms with Gasteiger partial charge in [-0.3, -0.25) is 4.79 Å². The lowest BCUT2D eigenvalue weighted by Crippen LogP contribution is -2.23. The number of benzene rings is 2. The standard InChI is InChI=1S/C23H22N6O/c1-15(2)18-13-19(11-16-3-7-21(8-4-16)26-28-24)23(30)20(14-18)12-17-5-9-22(10-6-17)27-29-25/h3-12,15,18H,13-14H2,1-2H3. The number of hydrogen-bond donors (Lipinski definition) is 0. The molecule has 1 aliphatic carbocycles. The molecular weight excluding hydrogens is 376 g/mol. The Labute approximate surface area is 175 Å². The van der Waals surface area contributed by atoms with Gasteiger partial charge in [0.2, 0.25) is 0 Å². The molecule has 1 saturated carbocycles. The third-order valence-electron chi connectivity index (χ3n) is 5.28. The van der Waals surface area contributed by atoms with Crippen molar-refractivity contribution in [2.75, 3.05) is 0 Å². The minimum absolute atomic E-state index is 0.0603. The third-order valence-corrected chi connectivity index (χ3v) is 5.28. The molecule has 2 aromatic rings. The zero-order chi connectivity index (χ0) is 21.5. The van der Waals surface area contributed by atoms with E-state index in [0.717, 1.165) is 35.1 Å². The van der Waals surface area contributed by atoms with E-state index < -0.39 is 0 Å². The largest absolute Gasteiger partial charge is 0.289 e. The maximum atomic E-state index is 13.2. The summed E-state index contributed by atoms with van der Waals surface area (Å²) in [5.74, 6) is 0.889. The molecule has 0 bridgehead atoms. The van der Waals surface area contributed by atoms with Gasteiger partial charge in [-0.1, -0.05) is 72.6 Å². The molecule has 2 aromatic carbocycles. The molecule has 1 aliphatic rings. The molecule has 0 radical (unpaired) electrons. The van der Waals surface area contributed by atoms with Gasteiger partial charge in [-0.15, -0.1) is 0 Å². The van der Waals surface area contributed by atoms with E-state index in [9.17, 15) is 4.79 Å². The Balaban J connectivity index is 1.93. The highest BCUT2D eigenvalue weighted by Crippen LogP contribution is 2.36. The van der Waals surface area contributed by atoms with Crippen molar-refractivity contribution in [2.24, 2.45) is 22.1 Å². The van der Waals surface area contributed by atoms with Gasteiger partial charge in [-0.05, 0) is 59.0 Å². The van der Waals surface area contributed by atoms with Crippen LogP contribution in [0.4, 0.5) is 11.4 Å². The predicted molar refractivity (Wildman–Crippen MR) is 119 cm³/mol. The summed E-state index contributed by atoms with van der Waals surface area (Å²) in [5, 5.41) is 7.16. The molecule has 0 saturated heterocycles. The summed E-state index contributed by atoms with van der Waals surface area (Å²) in [5.41, 5.74) is 21.5. The highest BCUT2D eigenvalue weighted by molar-refractivity contribution is 6.14. The van der Waals surface area contributed by atoms with Crippen LogP contribution in [0, 0.1) is 11.8 Å². The normalized spacial score (nSPS) is 18.9. The number of azide groups is 2. The number of allylic oxidation sites excluding steroid dienone is 2. The molecule has 7 heteroatoms. The minimum Gasteiger partial charge on any atom is -0.289 e. The molecule has 30 heavy (non-hydrogen) atoms. The molecular formula is C23H22N6O. The second kappa shape index (κ2) is 9.61. The van der Waals surface area contributed by atoms with Gasteiger partial charge in [0, 0.05) is 32.3 Å². The number of carbonyl (C=O) groups excluding carboxylic acids is 1. The molecule has 3 rings (SSSR count). The zero-order valence-corrected chi connectivity index (χ0v) is 16.9. The molecule has 0 heterocycles. The molecule has 0 aliphatic heterocycles. The van der Waals surface area contributed by atoms with Crippen molar-refractivity contribution < 1.29 is 4.79 Å². The van der Waals surface area contributed by atoms with E-state index in [1.54, 1.807) is 24.3 Å². The lowest BCUT2D eigenvalue weighted by atomic mass is 9.75. The fourth-order valence-electron chi connectivity index (χ4n) is 3.53. The number of rotatable bonds is 5. The fourth-order valence-corrected chi connectivity index (χ4v) is 3.53. The van der Waals surface area contributed by atoms with Gasteiger partial charge in [-0.25, -0.2) is 0 Å². The molecule has 150 valence electrons. The van der Waals surface area contributed by atoms with Gasteiger partial charge in [-0.2, -0.15) is 0 Å². The van der Waals surface area contributed by atoms with Gasteiger partial charge in [0.25, 0.3) is 0 Å². The number of Topliss-reactive ketones (excluding diaryl/α,β-unsaturated/α-hetero) is 1. The van der Waals surface area contributed by atoms with Crippen LogP contribution in [0.2, 0.25) is 0 Å². The van der Waals surface area contributed by atoms with Crippen molar-refractivity contribution in [1.82, 2.24) is 0 Å². The quantitative estimate of drug-likeness (QED) is 0.218. The average Bonchev–Trinajstić information content (AvgIpc) is 2.74. The Kier molecular flexibility index (Phi) is 6.71. The molecule has 0 aromatic heterocycles. The highest BCUT2D eigenvalue weighted by atomic mass is 16.1. The molecule has 0 spiro atoms. The average molecular weight is 398 g/mol. The van der Waals surface area contributed by atoms with E-state index in [1.165, 1.54) is 0 Å². The first-order chi connectivity index (χ1) is 14.5. The van der Waals surface area contributed by atoms with E-state index >= 15 is 0 Å². The maximum absolute atomic E-state index is 13.2. The van der Waals surface area contributed by atoms with Crippen LogP contribution in [-0.4, -0.2) is 5.78 Å². The van der Waals surface area contributed by atoms with Gasteiger partial charge in [0.1, 0.15) is 0 Å². The first-order valence-electron chi connectivity index (χ1n) is 9.76. The van der Waals surface area contributed by atoms with Crippen LogP contribution in [0.1, 0.15) is 37.8 Å². The van der Waals surface area contributed by atoms with Crippen LogP contribution in [0.5, 0.6) is 0 Å². The van der Waals surface area contributed by atoms with Gasteiger partial charge < -0.3 is 0 Å². The van der Waals surface area contributed by atoms with Crippen molar-refractivity contribution in [1.29, 1.82) is 0 Å². The zero-order valence-electron chi connectivity index (χ0n) is 16.9. The van der Waals surface area contributed by atoms with Gasteiger partial charge >= 0.3 is 0 Å². The van der Waals surface area contributed by atoms with Crippen LogP contribution in [0.3, 0.4) is 0 Å². The van der Waals surface area contributed by atoms with E-state index in [0.29, 0.717) is 23.2 Å². The van der Waals surface area contributed by atoms with E-state index in [1.807, 2.05) is 36.4 Å². The lowest BCUT2D eigenvalue weighted by Gasteiger charge is -2.28. The monoisotopic (exact) mass is 398 g/mol. The molecule has 7 nitrogen and oxygen atoms in total. The summed E-state index contributed by atoms with van der Waals surface area (Å²) < 4.78 is 0. The molecule has 1 fully saturated rings. The van der Waals surface area contributed by atoms with Crippen molar-refractivity contribution >= 4 is 29.3 Å². The Hall–Kier alpha value is -3.79. The number of carbonyl (C=O) groups is 1. The smallest absolute Gasteiger partial charge is 0.185 e. The van der Waals surface area contributed by atoms with E-state index in [-0.39, 0.29) is 5.78 Å². The van der Waals surface area contributed by atoms with Crippen LogP contribution in [-0.2, 0) is 4.79 Å². The van der Waals surface area contributed by atoms with Gasteiger partial charge in [0.15, 0.2) is 5.78 Å². The Morgan fingerprint density at radius 2 is 1.23 bits per heavy atom. The molecule has 0 atom stereocenters. The van der Waals surface area contributed by atoms with Gasteiger partial charge in [0.05, 0.1) is 0 Å². The number of ketones is 1. The SMILES string of the molecule is CC(C)C1CC(=Cc2ccc(N=[N+]=[N-])cc2)C(=O)C(=Cc2ccc(N=[N+]=[N-])cc2)C1. The first kappa shape index (κ1) is 20.9. The topological polar surface area (TPSA) is 115 Å². The number of nitrogens with zero attached hydrogens (tertiary/aromatic N) is 6. The fraction of sp³-hybridized carbons (Fsp3) is 0.261. The summed E-state index contributed by atoms with van der Waals surface area (Å²) in [6.45, 7) is 4.36. The summed E-state index contributed by atoms with van der Waals surface area (Å²) >= 11 is 0. The first-order valence-corrected chi connectivity index (χ1v) is 9.76. The van der Waals surface area contributed by atoms with E-state index in [2.05, 4.69) is 33.9 Å². The second-order valence-electron chi connectivity index (χ2n) is 7.64. The lowest BCUT2D eigenvalue weighted by molar-refractivity contribution is -0.113. The second-order valence-corrected chi connectivity index (χ2v) is 7.64. The Bertz CT molecular complexity index is 1000. The summed E-state index contributed by atoms with van der Waals surface area (Å²) in [4.78, 5) is 18.7. The van der Waals surface area contributed by atoms with Crippen LogP contribution in [0.15, 0.2) is 69.9 Å². The maximum Gasteiger partial charge on any atom is 0.185 e. The Morgan fingerprint density at radius 3 is 1.57 bits per heavy atom.